The van der Waals surface area contributed by atoms with Crippen molar-refractivity contribution in [1.82, 2.24) is 9.80 Å². The van der Waals surface area contributed by atoms with Crippen molar-refractivity contribution >= 4 is 11.8 Å². The second kappa shape index (κ2) is 10.1. The predicted molar refractivity (Wildman–Crippen MR) is 128 cm³/mol. The van der Waals surface area contributed by atoms with Crippen molar-refractivity contribution in [2.24, 2.45) is 11.8 Å². The number of carbonyl (C=O) groups is 2. The summed E-state index contributed by atoms with van der Waals surface area (Å²) in [6, 6.07) is 15.3. The first-order valence-corrected chi connectivity index (χ1v) is 11.9. The number of ether oxygens (including phenoxy) is 1. The zero-order valence-corrected chi connectivity index (χ0v) is 19.7. The maximum atomic E-state index is 13.8. The van der Waals surface area contributed by atoms with Gasteiger partial charge in [0.2, 0.25) is 5.91 Å². The molecule has 6 nitrogen and oxygen atoms in total. The summed E-state index contributed by atoms with van der Waals surface area (Å²) in [4.78, 5) is 29.9. The minimum Gasteiger partial charge on any atom is -0.394 e. The van der Waals surface area contributed by atoms with Crippen LogP contribution in [0.5, 0.6) is 0 Å². The molecule has 1 fully saturated rings. The smallest absolute Gasteiger partial charge is 0.254 e. The van der Waals surface area contributed by atoms with E-state index in [9.17, 15) is 14.7 Å². The van der Waals surface area contributed by atoms with Gasteiger partial charge in [0, 0.05) is 37.5 Å². The monoisotopic (exact) mass is 450 g/mol. The zero-order valence-electron chi connectivity index (χ0n) is 19.7. The Bertz CT molecular complexity index is 1000. The molecule has 1 heterocycles. The Morgan fingerprint density at radius 2 is 1.76 bits per heavy atom. The molecule has 2 aromatic rings. The quantitative estimate of drug-likeness (QED) is 0.756. The fraction of sp³-hybridized carbons (Fsp3) is 0.481. The number of benzene rings is 2. The lowest BCUT2D eigenvalue weighted by Gasteiger charge is -2.35. The molecule has 1 saturated carbocycles. The van der Waals surface area contributed by atoms with E-state index in [4.69, 9.17) is 4.74 Å². The van der Waals surface area contributed by atoms with Gasteiger partial charge in [-0.2, -0.15) is 0 Å². The van der Waals surface area contributed by atoms with Crippen molar-refractivity contribution < 1.29 is 19.4 Å². The number of hydrogen-bond donors (Lipinski definition) is 1. The summed E-state index contributed by atoms with van der Waals surface area (Å²) in [5.74, 6) is 0.187. The number of aliphatic hydroxyl groups excluding tert-OH is 1. The molecule has 2 amide bonds. The highest BCUT2D eigenvalue weighted by Crippen LogP contribution is 2.33. The van der Waals surface area contributed by atoms with Crippen LogP contribution in [0.3, 0.4) is 0 Å². The molecule has 3 atom stereocenters. The first-order chi connectivity index (χ1) is 15.9. The van der Waals surface area contributed by atoms with E-state index >= 15 is 0 Å². The number of hydrogen-bond acceptors (Lipinski definition) is 4. The maximum absolute atomic E-state index is 13.8. The molecule has 1 aliphatic carbocycles. The Hall–Kier alpha value is -2.70. The van der Waals surface area contributed by atoms with Crippen molar-refractivity contribution in [2.75, 3.05) is 26.7 Å². The Labute approximate surface area is 196 Å². The van der Waals surface area contributed by atoms with E-state index in [-0.39, 0.29) is 42.4 Å². The van der Waals surface area contributed by atoms with Crippen molar-refractivity contribution in [2.45, 2.75) is 45.4 Å². The Kier molecular flexibility index (Phi) is 7.15. The van der Waals surface area contributed by atoms with Crippen molar-refractivity contribution in [3.05, 3.63) is 59.7 Å². The maximum Gasteiger partial charge on any atom is 0.254 e. The van der Waals surface area contributed by atoms with Crippen LogP contribution in [0.15, 0.2) is 48.5 Å². The number of aliphatic hydroxyl groups is 1. The summed E-state index contributed by atoms with van der Waals surface area (Å²) in [5, 5.41) is 9.91. The first kappa shape index (κ1) is 23.5. The van der Waals surface area contributed by atoms with Crippen molar-refractivity contribution in [3.63, 3.8) is 0 Å². The van der Waals surface area contributed by atoms with Crippen LogP contribution < -0.4 is 0 Å². The molecule has 0 radical (unpaired) electrons. The summed E-state index contributed by atoms with van der Waals surface area (Å²) < 4.78 is 6.45. The SMILES string of the molecule is C[C@H](CO)N1C[C@H](C)[C@H](CN(C)C(=O)C2CC2)OCc2ccccc2-c2ccccc2C1=O. The van der Waals surface area contributed by atoms with Gasteiger partial charge in [-0.25, -0.2) is 0 Å². The van der Waals surface area contributed by atoms with Gasteiger partial charge < -0.3 is 19.6 Å². The molecule has 6 heteroatoms. The lowest BCUT2D eigenvalue weighted by atomic mass is 9.94. The summed E-state index contributed by atoms with van der Waals surface area (Å²) in [7, 11) is 1.84. The number of nitrogens with zero attached hydrogens (tertiary/aromatic N) is 2. The van der Waals surface area contributed by atoms with Gasteiger partial charge in [0.15, 0.2) is 0 Å². The molecule has 1 N–H and O–H groups in total. The van der Waals surface area contributed by atoms with E-state index in [1.54, 1.807) is 9.80 Å². The van der Waals surface area contributed by atoms with Crippen LogP contribution in [0.1, 0.15) is 42.6 Å². The molecule has 1 aliphatic heterocycles. The van der Waals surface area contributed by atoms with Crippen LogP contribution in [0.2, 0.25) is 0 Å². The van der Waals surface area contributed by atoms with E-state index in [0.29, 0.717) is 25.3 Å². The second-order valence-electron chi connectivity index (χ2n) is 9.51. The minimum absolute atomic E-state index is 0.0326. The average Bonchev–Trinajstić information content (AvgIpc) is 3.68. The number of likely N-dealkylation sites (N-methyl/N-ethyl adjacent to an activating group) is 1. The van der Waals surface area contributed by atoms with Gasteiger partial charge >= 0.3 is 0 Å². The summed E-state index contributed by atoms with van der Waals surface area (Å²) in [5.41, 5.74) is 3.46. The van der Waals surface area contributed by atoms with Gasteiger partial charge in [0.05, 0.1) is 25.4 Å². The van der Waals surface area contributed by atoms with E-state index in [1.165, 1.54) is 0 Å². The van der Waals surface area contributed by atoms with E-state index in [2.05, 4.69) is 6.92 Å². The molecule has 176 valence electrons. The van der Waals surface area contributed by atoms with Crippen LogP contribution in [0.4, 0.5) is 0 Å². The molecule has 2 aromatic carbocycles. The normalized spacial score (nSPS) is 22.1. The van der Waals surface area contributed by atoms with Crippen LogP contribution in [0, 0.1) is 11.8 Å². The lowest BCUT2D eigenvalue weighted by molar-refractivity contribution is -0.134. The van der Waals surface area contributed by atoms with Gasteiger partial charge in [-0.15, -0.1) is 0 Å². The Morgan fingerprint density at radius 3 is 2.42 bits per heavy atom. The molecular formula is C27H34N2O4. The summed E-state index contributed by atoms with van der Waals surface area (Å²) in [6.45, 7) is 5.10. The molecule has 0 aromatic heterocycles. The number of rotatable bonds is 5. The van der Waals surface area contributed by atoms with Gasteiger partial charge in [0.25, 0.3) is 5.91 Å². The Morgan fingerprint density at radius 1 is 1.12 bits per heavy atom. The van der Waals surface area contributed by atoms with Crippen LogP contribution >= 0.6 is 0 Å². The molecule has 0 saturated heterocycles. The Balaban J connectivity index is 1.73. The number of fused-ring (bicyclic) bond motifs is 3. The molecule has 0 unspecified atom stereocenters. The van der Waals surface area contributed by atoms with Gasteiger partial charge in [-0.1, -0.05) is 49.4 Å². The third-order valence-corrected chi connectivity index (χ3v) is 6.85. The van der Waals surface area contributed by atoms with Crippen LogP contribution in [0.25, 0.3) is 11.1 Å². The lowest BCUT2D eigenvalue weighted by Crippen LogP contribution is -2.47. The van der Waals surface area contributed by atoms with E-state index in [0.717, 1.165) is 29.5 Å². The fourth-order valence-corrected chi connectivity index (χ4v) is 4.55. The highest BCUT2D eigenvalue weighted by atomic mass is 16.5. The molecule has 4 rings (SSSR count). The standard InChI is InChI=1S/C27H34N2O4/c1-18-14-29(19(2)16-30)27(32)24-11-7-6-10-23(24)22-9-5-4-8-21(22)17-33-25(18)15-28(3)26(31)20-12-13-20/h4-11,18-20,25,30H,12-17H2,1-3H3/t18-,19+,25-/m0/s1. The summed E-state index contributed by atoms with van der Waals surface area (Å²) in [6.07, 6.45) is 1.69. The van der Waals surface area contributed by atoms with Gasteiger partial charge in [0.1, 0.15) is 0 Å². The predicted octanol–water partition coefficient (Wildman–Crippen LogP) is 3.58. The molecule has 33 heavy (non-hydrogen) atoms. The van der Waals surface area contributed by atoms with E-state index < -0.39 is 0 Å². The third-order valence-electron chi connectivity index (χ3n) is 6.85. The van der Waals surface area contributed by atoms with Gasteiger partial charge in [-0.3, -0.25) is 9.59 Å². The highest BCUT2D eigenvalue weighted by molar-refractivity contribution is 6.01. The number of carbonyl (C=O) groups excluding carboxylic acids is 2. The van der Waals surface area contributed by atoms with E-state index in [1.807, 2.05) is 62.5 Å². The first-order valence-electron chi connectivity index (χ1n) is 11.9. The van der Waals surface area contributed by atoms with Crippen molar-refractivity contribution in [3.8, 4) is 11.1 Å². The molecular weight excluding hydrogens is 416 g/mol. The van der Waals surface area contributed by atoms with Crippen molar-refractivity contribution in [1.29, 1.82) is 0 Å². The largest absolute Gasteiger partial charge is 0.394 e. The minimum atomic E-state index is -0.338. The third kappa shape index (κ3) is 5.12. The molecule has 0 spiro atoms. The van der Waals surface area contributed by atoms with Gasteiger partial charge in [-0.05, 0) is 42.5 Å². The highest BCUT2D eigenvalue weighted by Gasteiger charge is 2.35. The van der Waals surface area contributed by atoms with Crippen LogP contribution in [-0.2, 0) is 16.1 Å². The number of amides is 2. The fourth-order valence-electron chi connectivity index (χ4n) is 4.55. The molecule has 2 aliphatic rings. The average molecular weight is 451 g/mol. The second-order valence-corrected chi connectivity index (χ2v) is 9.51. The van der Waals surface area contributed by atoms with Crippen LogP contribution in [-0.4, -0.2) is 65.6 Å². The molecule has 0 bridgehead atoms. The summed E-state index contributed by atoms with van der Waals surface area (Å²) >= 11 is 0. The topological polar surface area (TPSA) is 70.1 Å². The zero-order chi connectivity index (χ0) is 23.5.